The normalized spacial score (nSPS) is 10.1. The van der Waals surface area contributed by atoms with Crippen LogP contribution in [-0.2, 0) is 0 Å². The van der Waals surface area contributed by atoms with Crippen LogP contribution in [0.3, 0.4) is 0 Å². The van der Waals surface area contributed by atoms with Crippen LogP contribution in [0, 0.1) is 17.1 Å². The van der Waals surface area contributed by atoms with Crippen molar-refractivity contribution in [3.63, 3.8) is 0 Å². The Hall–Kier alpha value is -1.37. The van der Waals surface area contributed by atoms with E-state index in [0.29, 0.717) is 0 Å². The smallest absolute Gasteiger partial charge is 0.179 e. The highest BCUT2D eigenvalue weighted by molar-refractivity contribution is 5.21. The van der Waals surface area contributed by atoms with Gasteiger partial charge < -0.3 is 0 Å². The summed E-state index contributed by atoms with van der Waals surface area (Å²) in [7, 11) is 0. The van der Waals surface area contributed by atoms with E-state index in [2.05, 4.69) is 5.10 Å². The molecule has 1 heterocycles. The summed E-state index contributed by atoms with van der Waals surface area (Å²) in [5, 5.41) is 12.2. The SMILES string of the molecule is CC(C)n1ncc(F)c1C#N. The Morgan fingerprint density at radius 3 is 2.73 bits per heavy atom. The fourth-order valence-corrected chi connectivity index (χ4v) is 0.837. The van der Waals surface area contributed by atoms with E-state index >= 15 is 0 Å². The Morgan fingerprint density at radius 2 is 2.36 bits per heavy atom. The predicted octanol–water partition coefficient (Wildman–Crippen LogP) is 1.47. The van der Waals surface area contributed by atoms with Crippen molar-refractivity contribution in [3.8, 4) is 6.07 Å². The van der Waals surface area contributed by atoms with Crippen molar-refractivity contribution in [1.82, 2.24) is 9.78 Å². The first-order chi connectivity index (χ1) is 5.16. The van der Waals surface area contributed by atoms with Gasteiger partial charge in [-0.25, -0.2) is 9.07 Å². The maximum absolute atomic E-state index is 12.7. The number of hydrogen-bond acceptors (Lipinski definition) is 2. The van der Waals surface area contributed by atoms with Crippen molar-refractivity contribution in [2.24, 2.45) is 0 Å². The largest absolute Gasteiger partial charge is 0.250 e. The molecule has 58 valence electrons. The van der Waals surface area contributed by atoms with Crippen LogP contribution in [0.1, 0.15) is 25.6 Å². The van der Waals surface area contributed by atoms with Crippen molar-refractivity contribution in [2.45, 2.75) is 19.9 Å². The first kappa shape index (κ1) is 7.73. The maximum atomic E-state index is 12.7. The van der Waals surface area contributed by atoms with Gasteiger partial charge in [-0.05, 0) is 13.8 Å². The van der Waals surface area contributed by atoms with E-state index in [1.54, 1.807) is 6.07 Å². The third-order valence-electron chi connectivity index (χ3n) is 1.35. The minimum absolute atomic E-state index is 0.000000000000000222. The van der Waals surface area contributed by atoms with Gasteiger partial charge in [0.05, 0.1) is 6.20 Å². The van der Waals surface area contributed by atoms with Gasteiger partial charge in [-0.1, -0.05) is 0 Å². The Kier molecular flexibility index (Phi) is 1.90. The van der Waals surface area contributed by atoms with Crippen LogP contribution in [0.15, 0.2) is 6.20 Å². The van der Waals surface area contributed by atoms with E-state index in [9.17, 15) is 4.39 Å². The summed E-state index contributed by atoms with van der Waals surface area (Å²) in [6, 6.07) is 1.77. The van der Waals surface area contributed by atoms with Gasteiger partial charge in [0.25, 0.3) is 0 Å². The first-order valence-corrected chi connectivity index (χ1v) is 3.30. The Morgan fingerprint density at radius 1 is 1.73 bits per heavy atom. The zero-order chi connectivity index (χ0) is 8.43. The van der Waals surface area contributed by atoms with Crippen molar-refractivity contribution in [1.29, 1.82) is 5.26 Å². The van der Waals surface area contributed by atoms with Crippen LogP contribution in [0.4, 0.5) is 4.39 Å². The highest BCUT2D eigenvalue weighted by Crippen LogP contribution is 2.10. The molecule has 11 heavy (non-hydrogen) atoms. The second-order valence-electron chi connectivity index (χ2n) is 2.49. The summed E-state index contributed by atoms with van der Waals surface area (Å²) >= 11 is 0. The van der Waals surface area contributed by atoms with Crippen molar-refractivity contribution in [3.05, 3.63) is 17.7 Å². The molecule has 0 bridgehead atoms. The summed E-state index contributed by atoms with van der Waals surface area (Å²) in [5.41, 5.74) is 0.000000000000000222. The van der Waals surface area contributed by atoms with Crippen LogP contribution < -0.4 is 0 Å². The van der Waals surface area contributed by atoms with Crippen molar-refractivity contribution < 1.29 is 4.39 Å². The van der Waals surface area contributed by atoms with Crippen molar-refractivity contribution >= 4 is 0 Å². The maximum Gasteiger partial charge on any atom is 0.179 e. The molecule has 0 unspecified atom stereocenters. The standard InChI is InChI=1S/C7H8FN3/c1-5(2)11-7(3-9)6(8)4-10-11/h4-5H,1-2H3. The molecule has 0 fully saturated rings. The lowest BCUT2D eigenvalue weighted by molar-refractivity contribution is 0.519. The lowest BCUT2D eigenvalue weighted by atomic mass is 10.3. The van der Waals surface area contributed by atoms with Crippen LogP contribution in [0.2, 0.25) is 0 Å². The van der Waals surface area contributed by atoms with Gasteiger partial charge in [-0.3, -0.25) is 0 Å². The molecule has 0 amide bonds. The average Bonchev–Trinajstić information content (AvgIpc) is 2.30. The predicted molar refractivity (Wildman–Crippen MR) is 37.3 cm³/mol. The number of aromatic nitrogens is 2. The molecule has 1 aromatic heterocycles. The Bertz CT molecular complexity index is 295. The molecule has 0 spiro atoms. The number of nitrogens with zero attached hydrogens (tertiary/aromatic N) is 3. The molecule has 0 saturated heterocycles. The number of rotatable bonds is 1. The van der Waals surface area contributed by atoms with Crippen LogP contribution in [0.5, 0.6) is 0 Å². The third-order valence-corrected chi connectivity index (χ3v) is 1.35. The lowest BCUT2D eigenvalue weighted by Crippen LogP contribution is -2.05. The van der Waals surface area contributed by atoms with E-state index in [-0.39, 0.29) is 11.7 Å². The fraction of sp³-hybridized carbons (Fsp3) is 0.429. The van der Waals surface area contributed by atoms with E-state index in [1.807, 2.05) is 13.8 Å². The highest BCUT2D eigenvalue weighted by Gasteiger charge is 2.11. The zero-order valence-corrected chi connectivity index (χ0v) is 6.37. The number of nitriles is 1. The summed E-state index contributed by atoms with van der Waals surface area (Å²) in [4.78, 5) is 0. The molecule has 4 heteroatoms. The van der Waals surface area contributed by atoms with Crippen LogP contribution in [0.25, 0.3) is 0 Å². The number of halogens is 1. The van der Waals surface area contributed by atoms with Gasteiger partial charge >= 0.3 is 0 Å². The molecule has 1 aromatic rings. The van der Waals surface area contributed by atoms with Gasteiger partial charge in [-0.15, -0.1) is 0 Å². The molecule has 0 aliphatic rings. The topological polar surface area (TPSA) is 41.6 Å². The molecule has 0 saturated carbocycles. The molecule has 3 nitrogen and oxygen atoms in total. The minimum Gasteiger partial charge on any atom is -0.250 e. The van der Waals surface area contributed by atoms with Gasteiger partial charge in [-0.2, -0.15) is 10.4 Å². The second kappa shape index (κ2) is 2.70. The average molecular weight is 153 g/mol. The van der Waals surface area contributed by atoms with Gasteiger partial charge in [0.2, 0.25) is 0 Å². The van der Waals surface area contributed by atoms with Crippen LogP contribution >= 0.6 is 0 Å². The highest BCUT2D eigenvalue weighted by atomic mass is 19.1. The van der Waals surface area contributed by atoms with Crippen molar-refractivity contribution in [2.75, 3.05) is 0 Å². The molecule has 0 aliphatic carbocycles. The van der Waals surface area contributed by atoms with E-state index in [0.717, 1.165) is 6.20 Å². The Balaban J connectivity index is 3.19. The van der Waals surface area contributed by atoms with Gasteiger partial charge in [0, 0.05) is 6.04 Å². The lowest BCUT2D eigenvalue weighted by Gasteiger charge is -2.04. The Labute approximate surface area is 64.1 Å². The first-order valence-electron chi connectivity index (χ1n) is 3.30. The summed E-state index contributed by atoms with van der Waals surface area (Å²) in [5.74, 6) is -0.554. The molecule has 0 radical (unpaired) electrons. The molecular weight excluding hydrogens is 145 g/mol. The molecule has 0 N–H and O–H groups in total. The summed E-state index contributed by atoms with van der Waals surface area (Å²) < 4.78 is 14.0. The van der Waals surface area contributed by atoms with E-state index < -0.39 is 5.82 Å². The molecule has 0 aliphatic heterocycles. The molecule has 0 aromatic carbocycles. The zero-order valence-electron chi connectivity index (χ0n) is 6.37. The molecule has 0 atom stereocenters. The van der Waals surface area contributed by atoms with E-state index in [1.165, 1.54) is 4.68 Å². The van der Waals surface area contributed by atoms with Gasteiger partial charge in [0.15, 0.2) is 11.5 Å². The minimum atomic E-state index is -0.554. The monoisotopic (exact) mass is 153 g/mol. The fourth-order valence-electron chi connectivity index (χ4n) is 0.837. The molecular formula is C7H8FN3. The third kappa shape index (κ3) is 1.22. The van der Waals surface area contributed by atoms with Crippen LogP contribution in [-0.4, -0.2) is 9.78 Å². The quantitative estimate of drug-likeness (QED) is 0.613. The second-order valence-corrected chi connectivity index (χ2v) is 2.49. The summed E-state index contributed by atoms with van der Waals surface area (Å²) in [6.07, 6.45) is 1.05. The number of hydrogen-bond donors (Lipinski definition) is 0. The summed E-state index contributed by atoms with van der Waals surface area (Å²) in [6.45, 7) is 3.68. The molecule has 1 rings (SSSR count). The van der Waals surface area contributed by atoms with E-state index in [4.69, 9.17) is 5.26 Å². The van der Waals surface area contributed by atoms with Gasteiger partial charge in [0.1, 0.15) is 6.07 Å².